The highest BCUT2D eigenvalue weighted by molar-refractivity contribution is 5.83. The zero-order chi connectivity index (χ0) is 15.7. The van der Waals surface area contributed by atoms with Gasteiger partial charge in [-0.3, -0.25) is 4.79 Å². The molecule has 1 aromatic heterocycles. The number of hydrogen-bond donors (Lipinski definition) is 0. The van der Waals surface area contributed by atoms with Crippen LogP contribution in [0.1, 0.15) is 19.6 Å². The topological polar surface area (TPSA) is 39.4 Å². The standard InChI is InChI=1S/C19H18O3/c1-12(2)21-15-9-10-16-17(11-15)22-13(3)18(19(16)20)14-7-5-4-6-8-14/h4-12H,1-3H3. The third-order valence-electron chi connectivity index (χ3n) is 3.47. The van der Waals surface area contributed by atoms with Gasteiger partial charge in [-0.05, 0) is 38.5 Å². The lowest BCUT2D eigenvalue weighted by molar-refractivity contribution is 0.242. The molecule has 3 heteroatoms. The Hall–Kier alpha value is -2.55. The molecule has 0 unspecified atom stereocenters. The van der Waals surface area contributed by atoms with Gasteiger partial charge in [-0.1, -0.05) is 30.3 Å². The molecule has 0 amide bonds. The van der Waals surface area contributed by atoms with Crippen LogP contribution in [0, 0.1) is 6.92 Å². The van der Waals surface area contributed by atoms with Crippen molar-refractivity contribution < 1.29 is 9.15 Å². The third kappa shape index (κ3) is 2.62. The van der Waals surface area contributed by atoms with Crippen LogP contribution in [0.3, 0.4) is 0 Å². The van der Waals surface area contributed by atoms with Crippen LogP contribution >= 0.6 is 0 Å². The Morgan fingerprint density at radius 2 is 1.77 bits per heavy atom. The molecule has 3 rings (SSSR count). The van der Waals surface area contributed by atoms with Crippen LogP contribution < -0.4 is 10.2 Å². The highest BCUT2D eigenvalue weighted by Crippen LogP contribution is 2.26. The highest BCUT2D eigenvalue weighted by Gasteiger charge is 2.14. The van der Waals surface area contributed by atoms with Gasteiger partial charge in [0.25, 0.3) is 0 Å². The SMILES string of the molecule is Cc1oc2cc(OC(C)C)ccc2c(=O)c1-c1ccccc1. The average Bonchev–Trinajstić information content (AvgIpc) is 2.47. The van der Waals surface area contributed by atoms with Gasteiger partial charge in [0.05, 0.1) is 17.1 Å². The third-order valence-corrected chi connectivity index (χ3v) is 3.47. The molecule has 3 aromatic rings. The van der Waals surface area contributed by atoms with Crippen LogP contribution in [-0.2, 0) is 0 Å². The molecule has 112 valence electrons. The quantitative estimate of drug-likeness (QED) is 0.711. The molecule has 0 saturated heterocycles. The first-order valence-corrected chi connectivity index (χ1v) is 7.36. The number of aryl methyl sites for hydroxylation is 1. The zero-order valence-corrected chi connectivity index (χ0v) is 12.9. The van der Waals surface area contributed by atoms with Gasteiger partial charge in [-0.25, -0.2) is 0 Å². The first-order chi connectivity index (χ1) is 10.6. The molecule has 0 atom stereocenters. The van der Waals surface area contributed by atoms with Gasteiger partial charge in [-0.2, -0.15) is 0 Å². The molecule has 0 aliphatic rings. The van der Waals surface area contributed by atoms with Crippen molar-refractivity contribution >= 4 is 11.0 Å². The number of fused-ring (bicyclic) bond motifs is 1. The fourth-order valence-electron chi connectivity index (χ4n) is 2.57. The number of ether oxygens (including phenoxy) is 1. The van der Waals surface area contributed by atoms with E-state index >= 15 is 0 Å². The lowest BCUT2D eigenvalue weighted by atomic mass is 10.0. The minimum atomic E-state index is -0.0129. The van der Waals surface area contributed by atoms with E-state index in [0.29, 0.717) is 28.0 Å². The summed E-state index contributed by atoms with van der Waals surface area (Å²) < 4.78 is 11.5. The monoisotopic (exact) mass is 294 g/mol. The predicted octanol–water partition coefficient (Wildman–Crippen LogP) is 4.56. The molecule has 22 heavy (non-hydrogen) atoms. The van der Waals surface area contributed by atoms with Crippen molar-refractivity contribution in [2.24, 2.45) is 0 Å². The maximum absolute atomic E-state index is 12.8. The molecule has 3 nitrogen and oxygen atoms in total. The van der Waals surface area contributed by atoms with Crippen LogP contribution in [0.2, 0.25) is 0 Å². The normalized spacial score (nSPS) is 11.1. The average molecular weight is 294 g/mol. The molecule has 0 saturated carbocycles. The van der Waals surface area contributed by atoms with Crippen molar-refractivity contribution in [1.82, 2.24) is 0 Å². The van der Waals surface area contributed by atoms with Crippen molar-refractivity contribution in [3.63, 3.8) is 0 Å². The number of benzene rings is 2. The van der Waals surface area contributed by atoms with E-state index in [-0.39, 0.29) is 11.5 Å². The summed E-state index contributed by atoms with van der Waals surface area (Å²) in [5.41, 5.74) is 2.03. The van der Waals surface area contributed by atoms with Gasteiger partial charge in [0.1, 0.15) is 17.1 Å². The molecule has 0 aliphatic heterocycles. The van der Waals surface area contributed by atoms with Crippen molar-refractivity contribution in [2.45, 2.75) is 26.9 Å². The molecule has 1 heterocycles. The second-order valence-corrected chi connectivity index (χ2v) is 5.55. The van der Waals surface area contributed by atoms with E-state index in [0.717, 1.165) is 5.56 Å². The van der Waals surface area contributed by atoms with E-state index < -0.39 is 0 Å². The predicted molar refractivity (Wildman–Crippen MR) is 88.4 cm³/mol. The van der Waals surface area contributed by atoms with E-state index in [9.17, 15) is 4.79 Å². The molecule has 0 aliphatic carbocycles. The summed E-state index contributed by atoms with van der Waals surface area (Å²) in [7, 11) is 0. The van der Waals surface area contributed by atoms with Crippen molar-refractivity contribution in [2.75, 3.05) is 0 Å². The fourth-order valence-corrected chi connectivity index (χ4v) is 2.57. The van der Waals surface area contributed by atoms with Gasteiger partial charge >= 0.3 is 0 Å². The van der Waals surface area contributed by atoms with E-state index in [1.807, 2.05) is 57.2 Å². The molecule has 0 bridgehead atoms. The first kappa shape index (κ1) is 14.4. The molecule has 0 spiro atoms. The van der Waals surface area contributed by atoms with Gasteiger partial charge in [0.2, 0.25) is 5.43 Å². The summed E-state index contributed by atoms with van der Waals surface area (Å²) in [5.74, 6) is 1.32. The summed E-state index contributed by atoms with van der Waals surface area (Å²) in [6.45, 7) is 5.74. The summed E-state index contributed by atoms with van der Waals surface area (Å²) in [5, 5.41) is 0.570. The second-order valence-electron chi connectivity index (χ2n) is 5.55. The van der Waals surface area contributed by atoms with Crippen molar-refractivity contribution in [1.29, 1.82) is 0 Å². The summed E-state index contributed by atoms with van der Waals surface area (Å²) in [6, 6.07) is 14.9. The lowest BCUT2D eigenvalue weighted by Crippen LogP contribution is -2.09. The molecule has 0 N–H and O–H groups in total. The van der Waals surface area contributed by atoms with Crippen molar-refractivity contribution in [3.8, 4) is 16.9 Å². The number of rotatable bonds is 3. The smallest absolute Gasteiger partial charge is 0.200 e. The molecular formula is C19H18O3. The summed E-state index contributed by atoms with van der Waals surface area (Å²) in [6.07, 6.45) is 0.0776. The fraction of sp³-hybridized carbons (Fsp3) is 0.211. The Bertz CT molecular complexity index is 861. The van der Waals surface area contributed by atoms with Crippen LogP contribution in [0.25, 0.3) is 22.1 Å². The van der Waals surface area contributed by atoms with E-state index in [1.54, 1.807) is 12.1 Å². The second kappa shape index (κ2) is 5.68. The maximum Gasteiger partial charge on any atom is 0.200 e. The van der Waals surface area contributed by atoms with Gasteiger partial charge in [-0.15, -0.1) is 0 Å². The van der Waals surface area contributed by atoms with Gasteiger partial charge in [0.15, 0.2) is 0 Å². The molecule has 0 fully saturated rings. The number of hydrogen-bond acceptors (Lipinski definition) is 3. The zero-order valence-electron chi connectivity index (χ0n) is 12.9. The molecule has 0 radical (unpaired) electrons. The first-order valence-electron chi connectivity index (χ1n) is 7.36. The molecular weight excluding hydrogens is 276 g/mol. The Kier molecular flexibility index (Phi) is 3.72. The summed E-state index contributed by atoms with van der Waals surface area (Å²) in [4.78, 5) is 12.8. The largest absolute Gasteiger partial charge is 0.491 e. The highest BCUT2D eigenvalue weighted by atomic mass is 16.5. The van der Waals surface area contributed by atoms with Crippen LogP contribution in [0.15, 0.2) is 57.7 Å². The Morgan fingerprint density at radius 1 is 1.05 bits per heavy atom. The van der Waals surface area contributed by atoms with Gasteiger partial charge in [0, 0.05) is 6.07 Å². The van der Waals surface area contributed by atoms with Gasteiger partial charge < -0.3 is 9.15 Å². The van der Waals surface area contributed by atoms with Crippen LogP contribution in [0.5, 0.6) is 5.75 Å². The van der Waals surface area contributed by atoms with Crippen LogP contribution in [-0.4, -0.2) is 6.10 Å². The van der Waals surface area contributed by atoms with E-state index in [1.165, 1.54) is 0 Å². The summed E-state index contributed by atoms with van der Waals surface area (Å²) >= 11 is 0. The van der Waals surface area contributed by atoms with Crippen molar-refractivity contribution in [3.05, 3.63) is 64.5 Å². The minimum absolute atomic E-state index is 0.0129. The van der Waals surface area contributed by atoms with E-state index in [4.69, 9.17) is 9.15 Å². The Balaban J connectivity index is 2.20. The lowest BCUT2D eigenvalue weighted by Gasteiger charge is -2.11. The Morgan fingerprint density at radius 3 is 2.45 bits per heavy atom. The van der Waals surface area contributed by atoms with Crippen LogP contribution in [0.4, 0.5) is 0 Å². The maximum atomic E-state index is 12.8. The minimum Gasteiger partial charge on any atom is -0.491 e. The van der Waals surface area contributed by atoms with E-state index in [2.05, 4.69) is 0 Å². The molecule has 2 aromatic carbocycles. The Labute approximate surface area is 129 Å².